The Morgan fingerprint density at radius 1 is 1.24 bits per heavy atom. The van der Waals surface area contributed by atoms with Gasteiger partial charge in [-0.25, -0.2) is 13.1 Å². The van der Waals surface area contributed by atoms with Crippen molar-refractivity contribution in [1.29, 1.82) is 0 Å². The maximum Gasteiger partial charge on any atom is 0.240 e. The quantitative estimate of drug-likeness (QED) is 0.668. The number of anilines is 2. The molecule has 0 aliphatic heterocycles. The molecule has 25 heavy (non-hydrogen) atoms. The van der Waals surface area contributed by atoms with Crippen LogP contribution in [0.4, 0.5) is 11.9 Å². The van der Waals surface area contributed by atoms with E-state index in [0.717, 1.165) is 0 Å². The van der Waals surface area contributed by atoms with Gasteiger partial charge < -0.3 is 10.6 Å². The van der Waals surface area contributed by atoms with Crippen molar-refractivity contribution in [2.24, 2.45) is 0 Å². The Hall–Kier alpha value is -2.59. The van der Waals surface area contributed by atoms with E-state index in [0.29, 0.717) is 17.3 Å². The molecule has 0 fully saturated rings. The highest BCUT2D eigenvalue weighted by molar-refractivity contribution is 7.89. The van der Waals surface area contributed by atoms with E-state index >= 15 is 0 Å². The first kappa shape index (κ1) is 18.7. The van der Waals surface area contributed by atoms with Gasteiger partial charge in [-0.3, -0.25) is 4.79 Å². The van der Waals surface area contributed by atoms with Gasteiger partial charge in [0.25, 0.3) is 0 Å². The third-order valence-corrected chi connectivity index (χ3v) is 4.74. The predicted octanol–water partition coefficient (Wildman–Crippen LogP) is 0.243. The largest absolute Gasteiger partial charge is 0.368 e. The van der Waals surface area contributed by atoms with E-state index in [1.54, 1.807) is 25.1 Å². The summed E-state index contributed by atoms with van der Waals surface area (Å²) in [5.74, 6) is 0.663. The number of nitrogens with one attached hydrogen (secondary N) is 1. The summed E-state index contributed by atoms with van der Waals surface area (Å²) < 4.78 is 27.1. The van der Waals surface area contributed by atoms with E-state index in [4.69, 9.17) is 5.73 Å². The number of ketones is 1. The van der Waals surface area contributed by atoms with Crippen LogP contribution in [-0.2, 0) is 16.4 Å². The van der Waals surface area contributed by atoms with Gasteiger partial charge in [0.1, 0.15) is 5.82 Å². The zero-order valence-corrected chi connectivity index (χ0v) is 15.0. The molecule has 1 aromatic heterocycles. The topological polar surface area (TPSA) is 131 Å². The molecule has 0 aliphatic carbocycles. The van der Waals surface area contributed by atoms with Crippen LogP contribution in [0.2, 0.25) is 0 Å². The average molecular weight is 364 g/mol. The second-order valence-electron chi connectivity index (χ2n) is 5.54. The average Bonchev–Trinajstić information content (AvgIpc) is 2.54. The second-order valence-corrected chi connectivity index (χ2v) is 7.30. The summed E-state index contributed by atoms with van der Waals surface area (Å²) in [5, 5.41) is 0. The molecule has 0 radical (unpaired) electrons. The van der Waals surface area contributed by atoms with Gasteiger partial charge in [0.15, 0.2) is 5.78 Å². The summed E-state index contributed by atoms with van der Waals surface area (Å²) in [4.78, 5) is 25.3. The fourth-order valence-electron chi connectivity index (χ4n) is 2.00. The molecule has 0 amide bonds. The van der Waals surface area contributed by atoms with Crippen molar-refractivity contribution in [3.8, 4) is 0 Å². The summed E-state index contributed by atoms with van der Waals surface area (Å²) >= 11 is 0. The first-order valence-electron chi connectivity index (χ1n) is 7.47. The Bertz CT molecular complexity index is 883. The molecule has 10 heteroatoms. The first-order chi connectivity index (χ1) is 11.7. The van der Waals surface area contributed by atoms with Crippen molar-refractivity contribution in [3.63, 3.8) is 0 Å². The van der Waals surface area contributed by atoms with Crippen LogP contribution in [0, 0.1) is 0 Å². The number of carbonyl (C=O) groups excluding carboxylic acids is 1. The predicted molar refractivity (Wildman–Crippen MR) is 93.9 cm³/mol. The van der Waals surface area contributed by atoms with Gasteiger partial charge >= 0.3 is 0 Å². The normalized spacial score (nSPS) is 11.3. The molecule has 0 saturated carbocycles. The Labute approximate surface area is 146 Å². The van der Waals surface area contributed by atoms with Gasteiger partial charge in [0.2, 0.25) is 21.9 Å². The molecule has 2 rings (SSSR count). The van der Waals surface area contributed by atoms with E-state index in [9.17, 15) is 13.2 Å². The minimum Gasteiger partial charge on any atom is -0.368 e. The van der Waals surface area contributed by atoms with Gasteiger partial charge in [0.05, 0.1) is 4.90 Å². The van der Waals surface area contributed by atoms with E-state index in [-0.39, 0.29) is 29.6 Å². The first-order valence-corrected chi connectivity index (χ1v) is 8.96. The third kappa shape index (κ3) is 4.94. The number of sulfonamides is 1. The smallest absolute Gasteiger partial charge is 0.240 e. The van der Waals surface area contributed by atoms with Gasteiger partial charge in [-0.15, -0.1) is 0 Å². The number of hydrogen-bond donors (Lipinski definition) is 2. The fourth-order valence-corrected chi connectivity index (χ4v) is 3.08. The lowest BCUT2D eigenvalue weighted by Crippen LogP contribution is -2.27. The van der Waals surface area contributed by atoms with Crippen LogP contribution in [0.15, 0.2) is 29.2 Å². The number of nitrogens with zero attached hydrogens (tertiary/aromatic N) is 4. The van der Waals surface area contributed by atoms with Crippen LogP contribution in [0.1, 0.15) is 23.1 Å². The molecule has 3 N–H and O–H groups in total. The van der Waals surface area contributed by atoms with Crippen LogP contribution in [0.5, 0.6) is 0 Å². The highest BCUT2D eigenvalue weighted by Gasteiger charge is 2.15. The standard InChI is InChI=1S/C15H20N6O3S/c1-10(22)11-5-4-6-12(9-11)25(23,24)17-8-7-13-18-14(16)20-15(19-13)21(2)3/h4-6,9,17H,7-8H2,1-3H3,(H2,16,18,19,20). The number of aromatic nitrogens is 3. The number of hydrogen-bond acceptors (Lipinski definition) is 8. The third-order valence-electron chi connectivity index (χ3n) is 3.28. The zero-order valence-electron chi connectivity index (χ0n) is 14.2. The lowest BCUT2D eigenvalue weighted by molar-refractivity contribution is 0.101. The summed E-state index contributed by atoms with van der Waals surface area (Å²) in [5.41, 5.74) is 5.97. The fraction of sp³-hybridized carbons (Fsp3) is 0.333. The van der Waals surface area contributed by atoms with Crippen molar-refractivity contribution >= 4 is 27.7 Å². The summed E-state index contributed by atoms with van der Waals surface area (Å²) in [6.45, 7) is 1.47. The van der Waals surface area contributed by atoms with Crippen molar-refractivity contribution < 1.29 is 13.2 Å². The molecule has 134 valence electrons. The van der Waals surface area contributed by atoms with Crippen LogP contribution >= 0.6 is 0 Å². The van der Waals surface area contributed by atoms with Gasteiger partial charge in [-0.2, -0.15) is 15.0 Å². The van der Waals surface area contributed by atoms with E-state index < -0.39 is 10.0 Å². The Morgan fingerprint density at radius 2 is 1.96 bits per heavy atom. The molecule has 2 aromatic rings. The number of Topliss-reactive ketones (excluding diaryl/α,β-unsaturated/α-hetero) is 1. The molecular formula is C15H20N6O3S. The minimum atomic E-state index is -3.74. The number of rotatable bonds is 7. The van der Waals surface area contributed by atoms with Gasteiger partial charge in [-0.05, 0) is 19.1 Å². The summed E-state index contributed by atoms with van der Waals surface area (Å²) in [7, 11) is -0.204. The summed E-state index contributed by atoms with van der Waals surface area (Å²) in [6.07, 6.45) is 0.249. The number of nitrogens with two attached hydrogens (primary N) is 1. The molecule has 0 aliphatic rings. The molecule has 1 heterocycles. The Balaban J connectivity index is 2.08. The molecule has 1 aromatic carbocycles. The molecule has 0 saturated heterocycles. The highest BCUT2D eigenvalue weighted by Crippen LogP contribution is 2.12. The molecule has 0 bridgehead atoms. The molecule has 9 nitrogen and oxygen atoms in total. The Morgan fingerprint density at radius 3 is 2.60 bits per heavy atom. The lowest BCUT2D eigenvalue weighted by atomic mass is 10.2. The van der Waals surface area contributed by atoms with Crippen LogP contribution in [-0.4, -0.2) is 49.8 Å². The monoisotopic (exact) mass is 364 g/mol. The summed E-state index contributed by atoms with van der Waals surface area (Å²) in [6, 6.07) is 5.87. The van der Waals surface area contributed by atoms with Crippen molar-refractivity contribution in [1.82, 2.24) is 19.7 Å². The van der Waals surface area contributed by atoms with Gasteiger partial charge in [-0.1, -0.05) is 12.1 Å². The molecular weight excluding hydrogens is 344 g/mol. The van der Waals surface area contributed by atoms with E-state index in [1.807, 2.05) is 0 Å². The number of carbonyl (C=O) groups is 1. The van der Waals surface area contributed by atoms with Crippen LogP contribution < -0.4 is 15.4 Å². The second kappa shape index (κ2) is 7.53. The van der Waals surface area contributed by atoms with E-state index in [1.165, 1.54) is 25.1 Å². The molecule has 0 unspecified atom stereocenters. The number of nitrogen functional groups attached to an aromatic ring is 1. The maximum absolute atomic E-state index is 12.3. The molecule has 0 atom stereocenters. The molecule has 0 spiro atoms. The van der Waals surface area contributed by atoms with Crippen molar-refractivity contribution in [2.75, 3.05) is 31.3 Å². The van der Waals surface area contributed by atoms with E-state index in [2.05, 4.69) is 19.7 Å². The zero-order chi connectivity index (χ0) is 18.6. The maximum atomic E-state index is 12.3. The highest BCUT2D eigenvalue weighted by atomic mass is 32.2. The Kier molecular flexibility index (Phi) is 5.65. The lowest BCUT2D eigenvalue weighted by Gasteiger charge is -2.11. The van der Waals surface area contributed by atoms with Crippen LogP contribution in [0.25, 0.3) is 0 Å². The SMILES string of the molecule is CC(=O)c1cccc(S(=O)(=O)NCCc2nc(N)nc(N(C)C)n2)c1. The van der Waals surface area contributed by atoms with Crippen molar-refractivity contribution in [2.45, 2.75) is 18.2 Å². The minimum absolute atomic E-state index is 0.0318. The van der Waals surface area contributed by atoms with Gasteiger partial charge in [0, 0.05) is 32.6 Å². The van der Waals surface area contributed by atoms with Crippen LogP contribution in [0.3, 0.4) is 0 Å². The number of benzene rings is 1. The van der Waals surface area contributed by atoms with Crippen molar-refractivity contribution in [3.05, 3.63) is 35.7 Å².